The van der Waals surface area contributed by atoms with Gasteiger partial charge in [-0.15, -0.1) is 0 Å². The molecule has 0 radical (unpaired) electrons. The Kier molecular flexibility index (Phi) is 5.31. The van der Waals surface area contributed by atoms with Crippen LogP contribution in [0.5, 0.6) is 11.5 Å². The molecule has 0 unspecified atom stereocenters. The second kappa shape index (κ2) is 7.41. The minimum absolute atomic E-state index is 0.0449. The summed E-state index contributed by atoms with van der Waals surface area (Å²) in [5, 5.41) is 11.4. The predicted molar refractivity (Wildman–Crippen MR) is 82.6 cm³/mol. The fraction of sp³-hybridized carbons (Fsp3) is 0.167. The predicted octanol–water partition coefficient (Wildman–Crippen LogP) is 1.49. The topological polar surface area (TPSA) is 92.7 Å². The van der Waals surface area contributed by atoms with E-state index in [2.05, 4.69) is 0 Å². The highest BCUT2D eigenvalue weighted by Gasteiger charge is 2.17. The third-order valence-electron chi connectivity index (χ3n) is 3.10. The molecule has 0 saturated carbocycles. The van der Waals surface area contributed by atoms with Crippen LogP contribution in [0.2, 0.25) is 0 Å². The number of hydrogen-bond donors (Lipinski definition) is 0. The molecule has 0 atom stereocenters. The lowest BCUT2D eigenvalue weighted by atomic mass is 10.0. The van der Waals surface area contributed by atoms with Gasteiger partial charge in [-0.3, -0.25) is 9.59 Å². The van der Waals surface area contributed by atoms with Crippen molar-refractivity contribution in [3.05, 3.63) is 59.2 Å². The number of carbonyl (C=O) groups excluding carboxylic acids is 3. The lowest BCUT2D eigenvalue weighted by molar-refractivity contribution is -0.255. The molecule has 0 aliphatic heterocycles. The SMILES string of the molecule is CC(=O)Oc1cc(Cc2ccccc2)c(OC(C)=O)c(C(=O)[O-])c1. The van der Waals surface area contributed by atoms with Crippen LogP contribution in [-0.4, -0.2) is 17.9 Å². The molecule has 0 fully saturated rings. The van der Waals surface area contributed by atoms with Crippen molar-refractivity contribution >= 4 is 17.9 Å². The summed E-state index contributed by atoms with van der Waals surface area (Å²) < 4.78 is 10.0. The van der Waals surface area contributed by atoms with Crippen LogP contribution in [-0.2, 0) is 16.0 Å². The average molecular weight is 327 g/mol. The summed E-state index contributed by atoms with van der Waals surface area (Å²) in [6.07, 6.45) is 0.291. The molecule has 0 bridgehead atoms. The fourth-order valence-electron chi connectivity index (χ4n) is 2.25. The Labute approximate surface area is 138 Å². The van der Waals surface area contributed by atoms with Crippen molar-refractivity contribution < 1.29 is 29.0 Å². The summed E-state index contributed by atoms with van der Waals surface area (Å²) in [5.41, 5.74) is 0.916. The Morgan fingerprint density at radius 3 is 2.12 bits per heavy atom. The van der Waals surface area contributed by atoms with Gasteiger partial charge in [-0.25, -0.2) is 0 Å². The summed E-state index contributed by atoms with van der Waals surface area (Å²) in [6, 6.07) is 11.8. The maximum absolute atomic E-state index is 11.4. The third kappa shape index (κ3) is 4.42. The first-order valence-corrected chi connectivity index (χ1v) is 7.16. The van der Waals surface area contributed by atoms with Crippen LogP contribution in [0.4, 0.5) is 0 Å². The molecule has 6 heteroatoms. The fourth-order valence-corrected chi connectivity index (χ4v) is 2.25. The zero-order chi connectivity index (χ0) is 17.7. The number of rotatable bonds is 5. The molecule has 0 heterocycles. The summed E-state index contributed by atoms with van der Waals surface area (Å²) in [6.45, 7) is 2.38. The zero-order valence-corrected chi connectivity index (χ0v) is 13.2. The van der Waals surface area contributed by atoms with E-state index in [0.717, 1.165) is 11.6 Å². The molecule has 0 N–H and O–H groups in total. The number of carboxylic acids is 1. The van der Waals surface area contributed by atoms with E-state index < -0.39 is 17.9 Å². The van der Waals surface area contributed by atoms with Gasteiger partial charge in [0.15, 0.2) is 0 Å². The first kappa shape index (κ1) is 17.2. The normalized spacial score (nSPS) is 10.1. The van der Waals surface area contributed by atoms with Crippen molar-refractivity contribution in [3.63, 3.8) is 0 Å². The van der Waals surface area contributed by atoms with E-state index in [1.165, 1.54) is 19.9 Å². The van der Waals surface area contributed by atoms with Crippen LogP contribution < -0.4 is 14.6 Å². The molecule has 2 aromatic carbocycles. The molecular weight excluding hydrogens is 312 g/mol. The molecule has 0 aliphatic rings. The maximum atomic E-state index is 11.4. The van der Waals surface area contributed by atoms with E-state index in [4.69, 9.17) is 9.47 Å². The van der Waals surface area contributed by atoms with Crippen molar-refractivity contribution in [2.45, 2.75) is 20.3 Å². The van der Waals surface area contributed by atoms with E-state index >= 15 is 0 Å². The lowest BCUT2D eigenvalue weighted by Gasteiger charge is -2.17. The van der Waals surface area contributed by atoms with Gasteiger partial charge >= 0.3 is 11.9 Å². The molecule has 2 aromatic rings. The number of benzene rings is 2. The van der Waals surface area contributed by atoms with Crippen LogP contribution in [0.25, 0.3) is 0 Å². The number of ether oxygens (including phenoxy) is 2. The van der Waals surface area contributed by atoms with E-state index in [-0.39, 0.29) is 17.1 Å². The van der Waals surface area contributed by atoms with E-state index in [1.807, 2.05) is 30.3 Å². The Morgan fingerprint density at radius 2 is 1.58 bits per heavy atom. The molecule has 0 amide bonds. The van der Waals surface area contributed by atoms with Crippen molar-refractivity contribution in [1.82, 2.24) is 0 Å². The smallest absolute Gasteiger partial charge is 0.308 e. The minimum Gasteiger partial charge on any atom is -0.545 e. The second-order valence-corrected chi connectivity index (χ2v) is 5.10. The first-order chi connectivity index (χ1) is 11.4. The molecule has 2 rings (SSSR count). The van der Waals surface area contributed by atoms with Crippen molar-refractivity contribution in [2.24, 2.45) is 0 Å². The highest BCUT2D eigenvalue weighted by atomic mass is 16.5. The maximum Gasteiger partial charge on any atom is 0.308 e. The van der Waals surface area contributed by atoms with Gasteiger partial charge in [0, 0.05) is 31.4 Å². The summed E-state index contributed by atoms with van der Waals surface area (Å²) >= 11 is 0. The Hall–Kier alpha value is -3.15. The summed E-state index contributed by atoms with van der Waals surface area (Å²) in [5.74, 6) is -2.85. The number of hydrogen-bond acceptors (Lipinski definition) is 6. The summed E-state index contributed by atoms with van der Waals surface area (Å²) in [4.78, 5) is 33.9. The van der Waals surface area contributed by atoms with Crippen LogP contribution >= 0.6 is 0 Å². The molecule has 124 valence electrons. The van der Waals surface area contributed by atoms with E-state index in [1.54, 1.807) is 0 Å². The van der Waals surface area contributed by atoms with Gasteiger partial charge in [0.2, 0.25) is 0 Å². The summed E-state index contributed by atoms with van der Waals surface area (Å²) in [7, 11) is 0. The van der Waals surface area contributed by atoms with Crippen LogP contribution in [0, 0.1) is 0 Å². The van der Waals surface area contributed by atoms with Crippen LogP contribution in [0.15, 0.2) is 42.5 Å². The van der Waals surface area contributed by atoms with Crippen molar-refractivity contribution in [1.29, 1.82) is 0 Å². The number of carboxylic acid groups (broad SMARTS) is 1. The standard InChI is InChI=1S/C18H16O6/c1-11(19)23-15-9-14(8-13-6-4-3-5-7-13)17(24-12(2)20)16(10-15)18(21)22/h3-7,9-10H,8H2,1-2H3,(H,21,22)/p-1. The zero-order valence-electron chi connectivity index (χ0n) is 13.2. The molecule has 0 aromatic heterocycles. The van der Waals surface area contributed by atoms with Crippen molar-refractivity contribution in [2.75, 3.05) is 0 Å². The Balaban J connectivity index is 2.57. The van der Waals surface area contributed by atoms with Gasteiger partial charge < -0.3 is 19.4 Å². The third-order valence-corrected chi connectivity index (χ3v) is 3.10. The molecule has 0 aliphatic carbocycles. The lowest BCUT2D eigenvalue weighted by Crippen LogP contribution is -2.24. The minimum atomic E-state index is -1.53. The second-order valence-electron chi connectivity index (χ2n) is 5.10. The highest BCUT2D eigenvalue weighted by molar-refractivity contribution is 5.92. The van der Waals surface area contributed by atoms with E-state index in [9.17, 15) is 19.5 Å². The number of aromatic carboxylic acids is 1. The Morgan fingerprint density at radius 1 is 0.958 bits per heavy atom. The van der Waals surface area contributed by atoms with Gasteiger partial charge in [-0.2, -0.15) is 0 Å². The monoisotopic (exact) mass is 327 g/mol. The van der Waals surface area contributed by atoms with E-state index in [0.29, 0.717) is 12.0 Å². The van der Waals surface area contributed by atoms with Crippen LogP contribution in [0.1, 0.15) is 35.3 Å². The molecule has 0 saturated heterocycles. The molecule has 6 nitrogen and oxygen atoms in total. The van der Waals surface area contributed by atoms with Gasteiger partial charge in [0.05, 0.1) is 5.97 Å². The average Bonchev–Trinajstić information content (AvgIpc) is 2.49. The van der Waals surface area contributed by atoms with Gasteiger partial charge in [-0.1, -0.05) is 30.3 Å². The Bertz CT molecular complexity index is 780. The van der Waals surface area contributed by atoms with Gasteiger partial charge in [-0.05, 0) is 17.7 Å². The molecule has 0 spiro atoms. The van der Waals surface area contributed by atoms with Gasteiger partial charge in [0.25, 0.3) is 0 Å². The number of esters is 2. The molecular formula is C18H15O6-. The molecule has 24 heavy (non-hydrogen) atoms. The quantitative estimate of drug-likeness (QED) is 0.610. The largest absolute Gasteiger partial charge is 0.545 e. The van der Waals surface area contributed by atoms with Crippen molar-refractivity contribution in [3.8, 4) is 11.5 Å². The number of carbonyl (C=O) groups is 3. The first-order valence-electron chi connectivity index (χ1n) is 7.16. The highest BCUT2D eigenvalue weighted by Crippen LogP contribution is 2.31. The van der Waals surface area contributed by atoms with Crippen LogP contribution in [0.3, 0.4) is 0 Å². The van der Waals surface area contributed by atoms with Gasteiger partial charge in [0.1, 0.15) is 11.5 Å².